The first-order chi connectivity index (χ1) is 14.6. The van der Waals surface area contributed by atoms with Crippen LogP contribution in [-0.4, -0.2) is 66.8 Å². The van der Waals surface area contributed by atoms with Crippen LogP contribution in [-0.2, 0) is 4.79 Å². The standard InChI is InChI=1S/C21H24N4O4S/c22-20(27)16-2-1-6-23-21(16)25-9-7-24(8-10-25)19(26)5-13-30-15-3-4-17-18(14-15)29-12-11-28-17/h1-4,6,14H,5,7-13H2,(H2,22,27). The highest BCUT2D eigenvalue weighted by atomic mass is 32.2. The van der Waals surface area contributed by atoms with Crippen molar-refractivity contribution in [1.29, 1.82) is 0 Å². The molecule has 0 bridgehead atoms. The monoisotopic (exact) mass is 428 g/mol. The van der Waals surface area contributed by atoms with Crippen molar-refractivity contribution in [3.05, 3.63) is 42.1 Å². The number of nitrogens with zero attached hydrogens (tertiary/aromatic N) is 3. The summed E-state index contributed by atoms with van der Waals surface area (Å²) in [6, 6.07) is 9.24. The van der Waals surface area contributed by atoms with Crippen molar-refractivity contribution in [3.63, 3.8) is 0 Å². The van der Waals surface area contributed by atoms with E-state index < -0.39 is 5.91 Å². The summed E-state index contributed by atoms with van der Waals surface area (Å²) in [6.45, 7) is 3.58. The number of rotatable bonds is 6. The average Bonchev–Trinajstić information content (AvgIpc) is 2.79. The number of piperazine rings is 1. The van der Waals surface area contributed by atoms with Crippen molar-refractivity contribution >= 4 is 29.4 Å². The maximum atomic E-state index is 12.6. The highest BCUT2D eigenvalue weighted by Crippen LogP contribution is 2.34. The van der Waals surface area contributed by atoms with Crippen LogP contribution in [0.1, 0.15) is 16.8 Å². The fourth-order valence-corrected chi connectivity index (χ4v) is 4.40. The number of amides is 2. The van der Waals surface area contributed by atoms with Gasteiger partial charge in [0, 0.05) is 49.4 Å². The van der Waals surface area contributed by atoms with Crippen LogP contribution in [0.4, 0.5) is 5.82 Å². The second-order valence-corrected chi connectivity index (χ2v) is 8.18. The summed E-state index contributed by atoms with van der Waals surface area (Å²) >= 11 is 1.63. The largest absolute Gasteiger partial charge is 0.486 e. The number of fused-ring (bicyclic) bond motifs is 1. The van der Waals surface area contributed by atoms with Crippen LogP contribution in [0.3, 0.4) is 0 Å². The first-order valence-corrected chi connectivity index (χ1v) is 10.9. The first kappa shape index (κ1) is 20.3. The molecule has 2 amide bonds. The second-order valence-electron chi connectivity index (χ2n) is 7.01. The van der Waals surface area contributed by atoms with E-state index in [4.69, 9.17) is 15.2 Å². The molecule has 0 saturated carbocycles. The predicted molar refractivity (Wildman–Crippen MR) is 114 cm³/mol. The number of thioether (sulfide) groups is 1. The Hall–Kier alpha value is -2.94. The van der Waals surface area contributed by atoms with Crippen LogP contribution in [0.15, 0.2) is 41.4 Å². The second kappa shape index (κ2) is 9.25. The lowest BCUT2D eigenvalue weighted by atomic mass is 10.2. The first-order valence-electron chi connectivity index (χ1n) is 9.92. The Morgan fingerprint density at radius 2 is 1.83 bits per heavy atom. The molecule has 2 aliphatic heterocycles. The van der Waals surface area contributed by atoms with Crippen LogP contribution in [0, 0.1) is 0 Å². The average molecular weight is 429 g/mol. The predicted octanol–water partition coefficient (Wildman–Crippen LogP) is 1.78. The Balaban J connectivity index is 1.25. The fraction of sp³-hybridized carbons (Fsp3) is 0.381. The van der Waals surface area contributed by atoms with Gasteiger partial charge >= 0.3 is 0 Å². The molecule has 3 heterocycles. The molecule has 1 aromatic heterocycles. The Morgan fingerprint density at radius 1 is 1.07 bits per heavy atom. The van der Waals surface area contributed by atoms with Gasteiger partial charge in [0.1, 0.15) is 19.0 Å². The number of aromatic nitrogens is 1. The lowest BCUT2D eigenvalue weighted by Gasteiger charge is -2.36. The molecule has 2 N–H and O–H groups in total. The number of carbonyl (C=O) groups is 2. The number of ether oxygens (including phenoxy) is 2. The molecule has 8 nitrogen and oxygen atoms in total. The molecule has 2 aromatic rings. The lowest BCUT2D eigenvalue weighted by Crippen LogP contribution is -2.49. The number of primary amides is 1. The number of hydrogen-bond donors (Lipinski definition) is 1. The van der Waals surface area contributed by atoms with Crippen molar-refractivity contribution in [2.75, 3.05) is 50.0 Å². The number of nitrogens with two attached hydrogens (primary N) is 1. The van der Waals surface area contributed by atoms with Gasteiger partial charge in [-0.2, -0.15) is 0 Å². The third kappa shape index (κ3) is 4.62. The van der Waals surface area contributed by atoms with Gasteiger partial charge in [0.05, 0.1) is 5.56 Å². The van der Waals surface area contributed by atoms with Gasteiger partial charge < -0.3 is 25.0 Å². The molecule has 30 heavy (non-hydrogen) atoms. The molecule has 2 aliphatic rings. The Labute approximate surface area is 179 Å². The molecule has 158 valence electrons. The minimum atomic E-state index is -0.493. The molecule has 0 radical (unpaired) electrons. The van der Waals surface area contributed by atoms with E-state index in [1.807, 2.05) is 28.0 Å². The molecule has 0 spiro atoms. The van der Waals surface area contributed by atoms with Gasteiger partial charge in [-0.05, 0) is 30.3 Å². The van der Waals surface area contributed by atoms with Gasteiger partial charge in [-0.15, -0.1) is 11.8 Å². The van der Waals surface area contributed by atoms with Gasteiger partial charge in [-0.1, -0.05) is 0 Å². The zero-order valence-corrected chi connectivity index (χ0v) is 17.4. The quantitative estimate of drug-likeness (QED) is 0.701. The SMILES string of the molecule is NC(=O)c1cccnc1N1CCN(C(=O)CCSc2ccc3c(c2)OCCO3)CC1. The topological polar surface area (TPSA) is 98.0 Å². The molecule has 0 unspecified atom stereocenters. The van der Waals surface area contributed by atoms with E-state index in [1.54, 1.807) is 30.1 Å². The smallest absolute Gasteiger partial charge is 0.252 e. The highest BCUT2D eigenvalue weighted by molar-refractivity contribution is 7.99. The van der Waals surface area contributed by atoms with Crippen LogP contribution in [0.5, 0.6) is 11.5 Å². The van der Waals surface area contributed by atoms with E-state index in [1.165, 1.54) is 0 Å². The summed E-state index contributed by atoms with van der Waals surface area (Å²) in [5.41, 5.74) is 5.86. The Kier molecular flexibility index (Phi) is 6.27. The van der Waals surface area contributed by atoms with Gasteiger partial charge in [0.15, 0.2) is 11.5 Å². The molecule has 0 atom stereocenters. The van der Waals surface area contributed by atoms with Crippen LogP contribution < -0.4 is 20.1 Å². The van der Waals surface area contributed by atoms with Crippen LogP contribution in [0.2, 0.25) is 0 Å². The Morgan fingerprint density at radius 3 is 2.60 bits per heavy atom. The normalized spacial score (nSPS) is 15.7. The highest BCUT2D eigenvalue weighted by Gasteiger charge is 2.24. The van der Waals surface area contributed by atoms with Crippen molar-refractivity contribution in [2.24, 2.45) is 5.73 Å². The van der Waals surface area contributed by atoms with Crippen molar-refractivity contribution < 1.29 is 19.1 Å². The van der Waals surface area contributed by atoms with Crippen LogP contribution in [0.25, 0.3) is 0 Å². The number of pyridine rings is 1. The zero-order chi connectivity index (χ0) is 20.9. The summed E-state index contributed by atoms with van der Waals surface area (Å²) in [5.74, 6) is 2.46. The summed E-state index contributed by atoms with van der Waals surface area (Å²) in [4.78, 5) is 33.5. The lowest BCUT2D eigenvalue weighted by molar-refractivity contribution is -0.131. The molecular formula is C21H24N4O4S. The molecule has 1 fully saturated rings. The third-order valence-corrected chi connectivity index (χ3v) is 6.08. The van der Waals surface area contributed by atoms with E-state index in [0.29, 0.717) is 62.9 Å². The Bertz CT molecular complexity index is 931. The maximum Gasteiger partial charge on any atom is 0.252 e. The number of anilines is 1. The van der Waals surface area contributed by atoms with Gasteiger partial charge in [-0.25, -0.2) is 4.98 Å². The van der Waals surface area contributed by atoms with E-state index in [9.17, 15) is 9.59 Å². The van der Waals surface area contributed by atoms with Crippen molar-refractivity contribution in [2.45, 2.75) is 11.3 Å². The third-order valence-electron chi connectivity index (χ3n) is 5.08. The minimum Gasteiger partial charge on any atom is -0.486 e. The van der Waals surface area contributed by atoms with E-state index >= 15 is 0 Å². The fourth-order valence-electron chi connectivity index (χ4n) is 3.54. The molecule has 0 aliphatic carbocycles. The number of benzene rings is 1. The maximum absolute atomic E-state index is 12.6. The molecule has 4 rings (SSSR count). The zero-order valence-electron chi connectivity index (χ0n) is 16.6. The van der Waals surface area contributed by atoms with Gasteiger partial charge in [0.2, 0.25) is 5.91 Å². The summed E-state index contributed by atoms with van der Waals surface area (Å²) in [6.07, 6.45) is 2.11. The van der Waals surface area contributed by atoms with Crippen molar-refractivity contribution in [3.8, 4) is 11.5 Å². The molecular weight excluding hydrogens is 404 g/mol. The number of hydrogen-bond acceptors (Lipinski definition) is 7. The molecule has 9 heteroatoms. The van der Waals surface area contributed by atoms with E-state index in [2.05, 4.69) is 4.98 Å². The van der Waals surface area contributed by atoms with E-state index in [0.717, 1.165) is 16.4 Å². The summed E-state index contributed by atoms with van der Waals surface area (Å²) in [7, 11) is 0. The van der Waals surface area contributed by atoms with E-state index in [-0.39, 0.29) is 5.91 Å². The minimum absolute atomic E-state index is 0.135. The van der Waals surface area contributed by atoms with Gasteiger partial charge in [0.25, 0.3) is 5.91 Å². The van der Waals surface area contributed by atoms with Crippen molar-refractivity contribution in [1.82, 2.24) is 9.88 Å². The summed E-state index contributed by atoms with van der Waals surface area (Å²) in [5, 5.41) is 0. The molecule has 1 aromatic carbocycles. The molecule has 1 saturated heterocycles. The summed E-state index contributed by atoms with van der Waals surface area (Å²) < 4.78 is 11.1. The number of carbonyl (C=O) groups excluding carboxylic acids is 2. The van der Waals surface area contributed by atoms with Gasteiger partial charge in [-0.3, -0.25) is 9.59 Å². The van der Waals surface area contributed by atoms with Crippen LogP contribution >= 0.6 is 11.8 Å².